The minimum Gasteiger partial charge on any atom is -0.406 e. The van der Waals surface area contributed by atoms with E-state index in [0.717, 1.165) is 16.5 Å². The first kappa shape index (κ1) is 16.8. The lowest BCUT2D eigenvalue weighted by Crippen LogP contribution is -2.24. The van der Waals surface area contributed by atoms with E-state index in [2.05, 4.69) is 26.7 Å². The smallest absolute Gasteiger partial charge is 0.406 e. The molecule has 0 saturated heterocycles. The summed E-state index contributed by atoms with van der Waals surface area (Å²) in [5, 5.41) is 1.14. The van der Waals surface area contributed by atoms with Crippen molar-refractivity contribution in [2.75, 3.05) is 7.05 Å². The second kappa shape index (κ2) is 6.60. The second-order valence-corrected chi connectivity index (χ2v) is 6.44. The third kappa shape index (κ3) is 3.27. The normalized spacial score (nSPS) is 11.6. The molecule has 0 atom stereocenters. The maximum Gasteiger partial charge on any atom is 0.418 e. The van der Waals surface area contributed by atoms with Gasteiger partial charge >= 0.3 is 5.76 Å². The van der Waals surface area contributed by atoms with E-state index in [9.17, 15) is 9.59 Å². The van der Waals surface area contributed by atoms with Crippen LogP contribution in [-0.2, 0) is 18.4 Å². The maximum absolute atomic E-state index is 12.5. The molecule has 0 aliphatic rings. The average molecular weight is 362 g/mol. The average Bonchev–Trinajstić information content (AvgIpc) is 3.18. The third-order valence-corrected chi connectivity index (χ3v) is 4.48. The van der Waals surface area contributed by atoms with Gasteiger partial charge in [0.1, 0.15) is 0 Å². The molecule has 1 aromatic carbocycles. The molecular formula is C20H18N4O3. The molecule has 0 spiro atoms. The molecule has 0 fully saturated rings. The van der Waals surface area contributed by atoms with Crippen LogP contribution in [0.4, 0.5) is 0 Å². The zero-order valence-corrected chi connectivity index (χ0v) is 15.0. The van der Waals surface area contributed by atoms with Crippen LogP contribution in [0.25, 0.3) is 28.2 Å². The van der Waals surface area contributed by atoms with E-state index in [1.165, 1.54) is 6.08 Å². The van der Waals surface area contributed by atoms with Gasteiger partial charge in [-0.25, -0.2) is 9.78 Å². The number of rotatable bonds is 4. The van der Waals surface area contributed by atoms with Crippen LogP contribution in [0.15, 0.2) is 58.0 Å². The third-order valence-electron chi connectivity index (χ3n) is 4.48. The van der Waals surface area contributed by atoms with Crippen LogP contribution >= 0.6 is 0 Å². The Kier molecular flexibility index (Phi) is 4.12. The van der Waals surface area contributed by atoms with E-state index in [4.69, 9.17) is 4.42 Å². The predicted octanol–water partition coefficient (Wildman–Crippen LogP) is 2.68. The van der Waals surface area contributed by atoms with Gasteiger partial charge in [-0.05, 0) is 29.3 Å². The Morgan fingerprint density at radius 3 is 3.04 bits per heavy atom. The molecule has 3 heterocycles. The minimum absolute atomic E-state index is 0.126. The Morgan fingerprint density at radius 1 is 1.37 bits per heavy atom. The number of carbonyl (C=O) groups is 1. The lowest BCUT2D eigenvalue weighted by molar-refractivity contribution is -0.125. The number of hydrogen-bond acceptors (Lipinski definition) is 4. The first-order chi connectivity index (χ1) is 13.0. The van der Waals surface area contributed by atoms with Crippen molar-refractivity contribution < 1.29 is 9.21 Å². The number of carbonyl (C=O) groups excluding carboxylic acids is 1. The molecule has 1 N–H and O–H groups in total. The molecule has 136 valence electrons. The van der Waals surface area contributed by atoms with Crippen LogP contribution in [0, 0.1) is 0 Å². The van der Waals surface area contributed by atoms with Gasteiger partial charge in [0.05, 0.1) is 0 Å². The van der Waals surface area contributed by atoms with Crippen LogP contribution in [-0.4, -0.2) is 32.4 Å². The lowest BCUT2D eigenvalue weighted by atomic mass is 10.1. The summed E-state index contributed by atoms with van der Waals surface area (Å²) < 4.78 is 7.04. The maximum atomic E-state index is 12.5. The van der Waals surface area contributed by atoms with Crippen molar-refractivity contribution in [2.45, 2.75) is 6.54 Å². The number of nitrogens with zero attached hydrogens (tertiary/aromatic N) is 3. The van der Waals surface area contributed by atoms with Crippen LogP contribution in [0.2, 0.25) is 0 Å². The fourth-order valence-corrected chi connectivity index (χ4v) is 3.12. The number of para-hydroxylation sites is 1. The van der Waals surface area contributed by atoms with Crippen molar-refractivity contribution in [3.63, 3.8) is 0 Å². The van der Waals surface area contributed by atoms with Gasteiger partial charge in [-0.2, -0.15) is 0 Å². The molecule has 0 aliphatic carbocycles. The van der Waals surface area contributed by atoms with Gasteiger partial charge in [0.15, 0.2) is 11.2 Å². The lowest BCUT2D eigenvalue weighted by Gasteiger charge is -2.14. The summed E-state index contributed by atoms with van der Waals surface area (Å²) in [5.74, 6) is -0.678. The number of likely N-dealkylation sites (N-methyl/N-ethyl adjacent to an activating group) is 1. The molecule has 0 radical (unpaired) electrons. The Labute approximate surface area is 154 Å². The number of H-pyrrole nitrogens is 1. The molecule has 0 unspecified atom stereocenters. The van der Waals surface area contributed by atoms with Crippen molar-refractivity contribution in [1.82, 2.24) is 19.4 Å². The summed E-state index contributed by atoms with van der Waals surface area (Å²) in [6.07, 6.45) is 6.76. The first-order valence-electron chi connectivity index (χ1n) is 8.46. The monoisotopic (exact) mass is 362 g/mol. The van der Waals surface area contributed by atoms with E-state index < -0.39 is 5.76 Å². The minimum atomic E-state index is -0.551. The number of oxazole rings is 1. The van der Waals surface area contributed by atoms with E-state index in [1.807, 2.05) is 25.4 Å². The summed E-state index contributed by atoms with van der Waals surface area (Å²) in [5.41, 5.74) is 3.65. The first-order valence-corrected chi connectivity index (χ1v) is 8.46. The van der Waals surface area contributed by atoms with Gasteiger partial charge < -0.3 is 13.9 Å². The molecule has 1 amide bonds. The topological polar surface area (TPSA) is 84.1 Å². The van der Waals surface area contributed by atoms with Gasteiger partial charge in [-0.15, -0.1) is 0 Å². The van der Waals surface area contributed by atoms with Crippen LogP contribution in [0.1, 0.15) is 11.1 Å². The van der Waals surface area contributed by atoms with Crippen LogP contribution < -0.4 is 5.76 Å². The zero-order valence-electron chi connectivity index (χ0n) is 15.0. The fraction of sp³-hybridized carbons (Fsp3) is 0.150. The highest BCUT2D eigenvalue weighted by Gasteiger charge is 2.11. The molecule has 3 aromatic heterocycles. The summed E-state index contributed by atoms with van der Waals surface area (Å²) in [6, 6.07) is 9.78. The molecule has 0 bridgehead atoms. The quantitative estimate of drug-likeness (QED) is 0.566. The Bertz CT molecular complexity index is 1230. The van der Waals surface area contributed by atoms with Crippen molar-refractivity contribution in [2.24, 2.45) is 7.05 Å². The van der Waals surface area contributed by atoms with Crippen molar-refractivity contribution >= 4 is 34.1 Å². The number of aromatic nitrogens is 3. The Hall–Kier alpha value is -3.61. The Balaban J connectivity index is 1.51. The van der Waals surface area contributed by atoms with E-state index in [1.54, 1.807) is 30.3 Å². The highest BCUT2D eigenvalue weighted by molar-refractivity contribution is 5.92. The highest BCUT2D eigenvalue weighted by Crippen LogP contribution is 2.21. The van der Waals surface area contributed by atoms with Crippen molar-refractivity contribution in [3.05, 3.63) is 70.5 Å². The summed E-state index contributed by atoms with van der Waals surface area (Å²) in [7, 11) is 3.76. The van der Waals surface area contributed by atoms with Crippen molar-refractivity contribution in [1.29, 1.82) is 0 Å². The summed E-state index contributed by atoms with van der Waals surface area (Å²) >= 11 is 0. The zero-order chi connectivity index (χ0) is 19.0. The van der Waals surface area contributed by atoms with Gasteiger partial charge in [0.25, 0.3) is 0 Å². The molecule has 0 aliphatic heterocycles. The highest BCUT2D eigenvalue weighted by atomic mass is 16.4. The molecular weight excluding hydrogens is 344 g/mol. The number of benzene rings is 1. The molecule has 27 heavy (non-hydrogen) atoms. The Morgan fingerprint density at radius 2 is 2.19 bits per heavy atom. The number of amides is 1. The predicted molar refractivity (Wildman–Crippen MR) is 103 cm³/mol. The molecule has 7 nitrogen and oxygen atoms in total. The number of pyridine rings is 1. The number of fused-ring (bicyclic) bond motifs is 2. The van der Waals surface area contributed by atoms with E-state index >= 15 is 0 Å². The second-order valence-electron chi connectivity index (χ2n) is 6.44. The van der Waals surface area contributed by atoms with E-state index in [-0.39, 0.29) is 5.91 Å². The van der Waals surface area contributed by atoms with Gasteiger partial charge in [0.2, 0.25) is 5.91 Å². The fourth-order valence-electron chi connectivity index (χ4n) is 3.12. The molecule has 7 heteroatoms. The van der Waals surface area contributed by atoms with Gasteiger partial charge in [-0.1, -0.05) is 18.2 Å². The van der Waals surface area contributed by atoms with E-state index in [0.29, 0.717) is 23.3 Å². The van der Waals surface area contributed by atoms with Crippen molar-refractivity contribution in [3.8, 4) is 0 Å². The van der Waals surface area contributed by atoms with Gasteiger partial charge in [-0.3, -0.25) is 9.78 Å². The summed E-state index contributed by atoms with van der Waals surface area (Å²) in [4.78, 5) is 31.9. The number of aryl methyl sites for hydroxylation is 1. The summed E-state index contributed by atoms with van der Waals surface area (Å²) in [6.45, 7) is 0.508. The molecule has 4 aromatic rings. The molecule has 0 saturated carbocycles. The SMILES string of the molecule is CN(Cc1cn(C)c2ccccc12)C(=O)/C=C/c1cnc2[nH]c(=O)oc2c1. The molecule has 4 rings (SSSR count). The number of nitrogens with one attached hydrogen (secondary N) is 1. The number of hydrogen-bond donors (Lipinski definition) is 1. The van der Waals surface area contributed by atoms with Gasteiger partial charge in [0, 0.05) is 50.0 Å². The van der Waals surface area contributed by atoms with Crippen LogP contribution in [0.5, 0.6) is 0 Å². The number of aromatic amines is 1. The largest absolute Gasteiger partial charge is 0.418 e. The standard InChI is InChI=1S/C20H18N4O3/c1-23-11-14(15-5-3-4-6-16(15)23)12-24(2)18(25)8-7-13-9-17-19(21-10-13)22-20(26)27-17/h3-11H,12H2,1-2H3,(H,21,22,26)/b8-7+. The van der Waals surface area contributed by atoms with Crippen LogP contribution in [0.3, 0.4) is 0 Å².